The van der Waals surface area contributed by atoms with Gasteiger partial charge in [-0.25, -0.2) is 0 Å². The predicted molar refractivity (Wildman–Crippen MR) is 107 cm³/mol. The van der Waals surface area contributed by atoms with Crippen molar-refractivity contribution in [1.82, 2.24) is 4.98 Å². The molecule has 0 amide bonds. The largest absolute Gasteiger partial charge is 0.493 e. The molecule has 1 aliphatic heterocycles. The fraction of sp³-hybridized carbons (Fsp3) is 0.545. The van der Waals surface area contributed by atoms with E-state index < -0.39 is 11.6 Å². The quantitative estimate of drug-likeness (QED) is 0.650. The summed E-state index contributed by atoms with van der Waals surface area (Å²) in [5.74, 6) is -0.183. The van der Waals surface area contributed by atoms with Crippen LogP contribution in [0, 0.1) is 18.3 Å². The molecule has 1 atom stereocenters. The van der Waals surface area contributed by atoms with Crippen LogP contribution in [0.4, 0.5) is 0 Å². The Morgan fingerprint density at radius 1 is 1.43 bits per heavy atom. The van der Waals surface area contributed by atoms with E-state index in [1.54, 1.807) is 0 Å². The summed E-state index contributed by atoms with van der Waals surface area (Å²) in [7, 11) is 0. The minimum atomic E-state index is -0.888. The average molecular weight is 384 g/mol. The number of aromatic nitrogens is 1. The Hall–Kier alpha value is -2.52. The van der Waals surface area contributed by atoms with E-state index in [0.717, 1.165) is 47.0 Å². The van der Waals surface area contributed by atoms with Gasteiger partial charge >= 0.3 is 5.97 Å². The number of carboxylic acids is 1. The lowest BCUT2D eigenvalue weighted by atomic mass is 9.84. The van der Waals surface area contributed by atoms with Gasteiger partial charge in [-0.1, -0.05) is 26.7 Å². The number of unbranched alkanes of at least 4 members (excludes halogenated alkanes) is 1. The van der Waals surface area contributed by atoms with Crippen molar-refractivity contribution >= 4 is 16.9 Å². The second-order valence-electron chi connectivity index (χ2n) is 7.50. The van der Waals surface area contributed by atoms with Crippen LogP contribution in [-0.4, -0.2) is 29.3 Å². The molecular weight excluding hydrogens is 356 g/mol. The van der Waals surface area contributed by atoms with Crippen molar-refractivity contribution in [3.05, 3.63) is 28.5 Å². The highest BCUT2D eigenvalue weighted by atomic mass is 16.5. The molecule has 0 aliphatic carbocycles. The van der Waals surface area contributed by atoms with Crippen molar-refractivity contribution in [2.45, 2.75) is 64.9 Å². The van der Waals surface area contributed by atoms with Gasteiger partial charge in [0.1, 0.15) is 11.4 Å². The van der Waals surface area contributed by atoms with Crippen LogP contribution < -0.4 is 4.74 Å². The molecule has 0 saturated carbocycles. The van der Waals surface area contributed by atoms with Gasteiger partial charge in [-0.3, -0.25) is 4.79 Å². The summed E-state index contributed by atoms with van der Waals surface area (Å²) in [4.78, 5) is 15.0. The Labute approximate surface area is 165 Å². The van der Waals surface area contributed by atoms with Crippen LogP contribution in [0.25, 0.3) is 10.9 Å². The van der Waals surface area contributed by atoms with E-state index in [2.05, 4.69) is 18.0 Å². The fourth-order valence-electron chi connectivity index (χ4n) is 4.25. The average Bonchev–Trinajstić information content (AvgIpc) is 3.05. The Morgan fingerprint density at radius 2 is 2.21 bits per heavy atom. The molecule has 1 aromatic carbocycles. The molecule has 2 aromatic rings. The number of H-pyrrole nitrogens is 1. The van der Waals surface area contributed by atoms with Crippen LogP contribution in [-0.2, 0) is 21.6 Å². The van der Waals surface area contributed by atoms with Gasteiger partial charge in [0.2, 0.25) is 0 Å². The molecule has 3 rings (SSSR count). The molecule has 0 fully saturated rings. The summed E-state index contributed by atoms with van der Waals surface area (Å²) in [5, 5.41) is 20.2. The van der Waals surface area contributed by atoms with Gasteiger partial charge in [0.25, 0.3) is 0 Å². The third-order valence-corrected chi connectivity index (χ3v) is 5.55. The Kier molecular flexibility index (Phi) is 5.95. The molecule has 150 valence electrons. The lowest BCUT2D eigenvalue weighted by Crippen LogP contribution is -2.37. The minimum Gasteiger partial charge on any atom is -0.493 e. The predicted octanol–water partition coefficient (Wildman–Crippen LogP) is 4.57. The van der Waals surface area contributed by atoms with Crippen molar-refractivity contribution < 1.29 is 19.4 Å². The molecule has 28 heavy (non-hydrogen) atoms. The van der Waals surface area contributed by atoms with E-state index in [-0.39, 0.29) is 6.42 Å². The van der Waals surface area contributed by atoms with Gasteiger partial charge in [0, 0.05) is 10.9 Å². The van der Waals surface area contributed by atoms with Gasteiger partial charge < -0.3 is 19.6 Å². The van der Waals surface area contributed by atoms with Crippen LogP contribution in [0.5, 0.6) is 5.75 Å². The first-order valence-corrected chi connectivity index (χ1v) is 10.0. The SMILES string of the molecule is CCCCOc1cc(C#N)c2c3c([nH]c2c1C)C(CCC)(CC(=O)O)OCC3. The van der Waals surface area contributed by atoms with E-state index in [9.17, 15) is 15.2 Å². The minimum absolute atomic E-state index is 0.0958. The summed E-state index contributed by atoms with van der Waals surface area (Å²) in [6, 6.07) is 4.12. The maximum Gasteiger partial charge on any atom is 0.306 e. The molecule has 6 nitrogen and oxygen atoms in total. The number of aryl methyl sites for hydroxylation is 1. The number of hydrogen-bond donors (Lipinski definition) is 2. The highest BCUT2D eigenvalue weighted by Gasteiger charge is 2.42. The standard InChI is InChI=1S/C22H28N2O4/c1-4-6-9-27-17-11-15(13-23)19-16-7-10-28-22(8-5-2,12-18(25)26)21(16)24-20(19)14(17)3/h11,24H,4-10,12H2,1-3H3,(H,25,26). The number of nitrogens with zero attached hydrogens (tertiary/aromatic N) is 1. The van der Waals surface area contributed by atoms with Gasteiger partial charge in [0.05, 0.1) is 42.5 Å². The first kappa shape index (κ1) is 20.2. The topological polar surface area (TPSA) is 95.3 Å². The van der Waals surface area contributed by atoms with E-state index in [1.165, 1.54) is 0 Å². The number of nitrogens with one attached hydrogen (secondary N) is 1. The number of ether oxygens (including phenoxy) is 2. The van der Waals surface area contributed by atoms with Gasteiger partial charge in [0.15, 0.2) is 0 Å². The number of hydrogen-bond acceptors (Lipinski definition) is 4. The second kappa shape index (κ2) is 8.24. The first-order chi connectivity index (χ1) is 13.5. The maximum atomic E-state index is 11.6. The summed E-state index contributed by atoms with van der Waals surface area (Å²) in [5.41, 5.74) is 3.30. The van der Waals surface area contributed by atoms with Crippen LogP contribution in [0.1, 0.15) is 68.3 Å². The van der Waals surface area contributed by atoms with Gasteiger partial charge in [-0.05, 0) is 37.8 Å². The van der Waals surface area contributed by atoms with E-state index in [1.807, 2.05) is 19.9 Å². The third kappa shape index (κ3) is 3.47. The number of carboxylic acid groups (broad SMARTS) is 1. The molecule has 0 saturated heterocycles. The second-order valence-corrected chi connectivity index (χ2v) is 7.50. The fourth-order valence-corrected chi connectivity index (χ4v) is 4.25. The van der Waals surface area contributed by atoms with E-state index >= 15 is 0 Å². The van der Waals surface area contributed by atoms with Crippen LogP contribution in [0.2, 0.25) is 0 Å². The van der Waals surface area contributed by atoms with Crippen molar-refractivity contribution in [2.75, 3.05) is 13.2 Å². The Bertz CT molecular complexity index is 925. The number of aromatic amines is 1. The van der Waals surface area contributed by atoms with Crippen molar-refractivity contribution in [1.29, 1.82) is 5.26 Å². The molecule has 1 aromatic heterocycles. The molecule has 2 N–H and O–H groups in total. The lowest BCUT2D eigenvalue weighted by Gasteiger charge is -2.36. The molecule has 0 spiro atoms. The highest BCUT2D eigenvalue weighted by Crippen LogP contribution is 2.44. The van der Waals surface area contributed by atoms with E-state index in [4.69, 9.17) is 9.47 Å². The van der Waals surface area contributed by atoms with Crippen molar-refractivity contribution in [3.8, 4) is 11.8 Å². The smallest absolute Gasteiger partial charge is 0.306 e. The summed E-state index contributed by atoms with van der Waals surface area (Å²) < 4.78 is 12.0. The van der Waals surface area contributed by atoms with E-state index in [0.29, 0.717) is 37.4 Å². The third-order valence-electron chi connectivity index (χ3n) is 5.55. The molecular formula is C22H28N2O4. The zero-order valence-corrected chi connectivity index (χ0v) is 16.9. The van der Waals surface area contributed by atoms with Gasteiger partial charge in [-0.2, -0.15) is 5.26 Å². The summed E-state index contributed by atoms with van der Waals surface area (Å²) in [6.45, 7) is 7.17. The number of rotatable bonds is 8. The number of fused-ring (bicyclic) bond motifs is 3. The molecule has 2 heterocycles. The normalized spacial score (nSPS) is 18.6. The number of nitriles is 1. The first-order valence-electron chi connectivity index (χ1n) is 10.0. The summed E-state index contributed by atoms with van der Waals surface area (Å²) in [6.07, 6.45) is 3.96. The Balaban J connectivity index is 2.21. The van der Waals surface area contributed by atoms with Crippen LogP contribution in [0.15, 0.2) is 6.07 Å². The number of aliphatic carboxylic acids is 1. The summed E-state index contributed by atoms with van der Waals surface area (Å²) >= 11 is 0. The highest BCUT2D eigenvalue weighted by molar-refractivity contribution is 5.94. The zero-order valence-electron chi connectivity index (χ0n) is 16.9. The number of benzene rings is 1. The molecule has 1 unspecified atom stereocenters. The van der Waals surface area contributed by atoms with Crippen molar-refractivity contribution in [3.63, 3.8) is 0 Å². The molecule has 0 radical (unpaired) electrons. The maximum absolute atomic E-state index is 11.6. The zero-order chi connectivity index (χ0) is 20.3. The Morgan fingerprint density at radius 3 is 2.86 bits per heavy atom. The van der Waals surface area contributed by atoms with Crippen molar-refractivity contribution in [2.24, 2.45) is 0 Å². The van der Waals surface area contributed by atoms with Gasteiger partial charge in [-0.15, -0.1) is 0 Å². The number of carbonyl (C=O) groups is 1. The van der Waals surface area contributed by atoms with Crippen LogP contribution >= 0.6 is 0 Å². The molecule has 0 bridgehead atoms. The molecule has 1 aliphatic rings. The van der Waals surface area contributed by atoms with Crippen LogP contribution in [0.3, 0.4) is 0 Å². The molecule has 6 heteroatoms. The monoisotopic (exact) mass is 384 g/mol. The lowest BCUT2D eigenvalue weighted by molar-refractivity contribution is -0.149.